The molecule has 0 atom stereocenters. The number of benzene rings is 2. The number of carbonyl (C=O) groups is 1. The van der Waals surface area contributed by atoms with Gasteiger partial charge >= 0.3 is 0 Å². The number of hydrogen-bond acceptors (Lipinski definition) is 5. The number of para-hydroxylation sites is 1. The van der Waals surface area contributed by atoms with Crippen LogP contribution in [0.3, 0.4) is 0 Å². The van der Waals surface area contributed by atoms with Gasteiger partial charge in [-0.15, -0.1) is 0 Å². The SMILES string of the molecule is COc1c(F)cccc1-c1cccc(-n2cnc(C(=O)c3ncccn3)c2)c1. The van der Waals surface area contributed by atoms with Crippen LogP contribution >= 0.6 is 0 Å². The van der Waals surface area contributed by atoms with Gasteiger partial charge in [-0.1, -0.05) is 24.3 Å². The van der Waals surface area contributed by atoms with Crippen LogP contribution in [-0.4, -0.2) is 32.4 Å². The minimum atomic E-state index is -0.427. The van der Waals surface area contributed by atoms with E-state index in [2.05, 4.69) is 15.0 Å². The lowest BCUT2D eigenvalue weighted by Crippen LogP contribution is -2.06. The zero-order valence-corrected chi connectivity index (χ0v) is 14.9. The molecule has 4 rings (SSSR count). The van der Waals surface area contributed by atoms with Crippen LogP contribution in [0.1, 0.15) is 16.3 Å². The summed E-state index contributed by atoms with van der Waals surface area (Å²) in [6.45, 7) is 0. The first kappa shape index (κ1) is 17.5. The number of rotatable bonds is 5. The molecule has 2 aromatic heterocycles. The Hall–Kier alpha value is -3.87. The van der Waals surface area contributed by atoms with Gasteiger partial charge in [0.25, 0.3) is 0 Å². The van der Waals surface area contributed by atoms with Crippen LogP contribution in [0.25, 0.3) is 16.8 Å². The lowest BCUT2D eigenvalue weighted by molar-refractivity contribution is 0.102. The number of imidazole rings is 1. The van der Waals surface area contributed by atoms with Crippen molar-refractivity contribution in [2.24, 2.45) is 0 Å². The minimum Gasteiger partial charge on any atom is -0.493 e. The van der Waals surface area contributed by atoms with Crippen molar-refractivity contribution in [1.82, 2.24) is 19.5 Å². The van der Waals surface area contributed by atoms with Gasteiger partial charge in [0.2, 0.25) is 11.6 Å². The van der Waals surface area contributed by atoms with Crippen LogP contribution in [0.15, 0.2) is 73.4 Å². The van der Waals surface area contributed by atoms with Crippen molar-refractivity contribution in [3.05, 3.63) is 90.8 Å². The normalized spacial score (nSPS) is 10.6. The number of halogens is 1. The molecule has 0 N–H and O–H groups in total. The van der Waals surface area contributed by atoms with E-state index in [4.69, 9.17) is 4.74 Å². The van der Waals surface area contributed by atoms with Crippen molar-refractivity contribution in [1.29, 1.82) is 0 Å². The molecular formula is C21H15FN4O2. The van der Waals surface area contributed by atoms with Gasteiger partial charge in [0, 0.05) is 29.8 Å². The Balaban J connectivity index is 1.69. The van der Waals surface area contributed by atoms with Gasteiger partial charge in [-0.25, -0.2) is 19.3 Å². The van der Waals surface area contributed by atoms with Gasteiger partial charge in [0.15, 0.2) is 11.6 Å². The van der Waals surface area contributed by atoms with E-state index in [1.807, 2.05) is 24.3 Å². The summed E-state index contributed by atoms with van der Waals surface area (Å²) in [4.78, 5) is 24.5. The lowest BCUT2D eigenvalue weighted by atomic mass is 10.0. The molecule has 0 unspecified atom stereocenters. The number of methoxy groups -OCH3 is 1. The maximum absolute atomic E-state index is 14.0. The molecule has 0 bridgehead atoms. The summed E-state index contributed by atoms with van der Waals surface area (Å²) < 4.78 is 20.9. The van der Waals surface area contributed by atoms with Crippen LogP contribution in [0.5, 0.6) is 5.75 Å². The highest BCUT2D eigenvalue weighted by Crippen LogP contribution is 2.33. The highest BCUT2D eigenvalue weighted by atomic mass is 19.1. The van der Waals surface area contributed by atoms with Crippen molar-refractivity contribution < 1.29 is 13.9 Å². The molecule has 6 nitrogen and oxygen atoms in total. The molecule has 0 aliphatic heterocycles. The summed E-state index contributed by atoms with van der Waals surface area (Å²) in [7, 11) is 1.44. The largest absolute Gasteiger partial charge is 0.493 e. The molecule has 4 aromatic rings. The van der Waals surface area contributed by atoms with E-state index < -0.39 is 5.82 Å². The first-order valence-electron chi connectivity index (χ1n) is 8.46. The summed E-state index contributed by atoms with van der Waals surface area (Å²) in [6.07, 6.45) is 6.17. The first-order valence-corrected chi connectivity index (χ1v) is 8.46. The Morgan fingerprint density at radius 2 is 1.82 bits per heavy atom. The number of aromatic nitrogens is 4. The molecule has 7 heteroatoms. The molecule has 0 aliphatic rings. The second-order valence-corrected chi connectivity index (χ2v) is 5.94. The summed E-state index contributed by atoms with van der Waals surface area (Å²) in [5.74, 6) is -0.514. The van der Waals surface area contributed by atoms with Crippen molar-refractivity contribution >= 4 is 5.78 Å². The molecular weight excluding hydrogens is 359 g/mol. The fourth-order valence-corrected chi connectivity index (χ4v) is 2.89. The Labute approximate surface area is 160 Å². The number of carbonyl (C=O) groups excluding carboxylic acids is 1. The van der Waals surface area contributed by atoms with Gasteiger partial charge in [0.1, 0.15) is 12.0 Å². The molecule has 2 aromatic carbocycles. The van der Waals surface area contributed by atoms with Crippen LogP contribution < -0.4 is 4.74 Å². The van der Waals surface area contributed by atoms with Crippen LogP contribution in [0.4, 0.5) is 4.39 Å². The van der Waals surface area contributed by atoms with E-state index in [1.54, 1.807) is 29.0 Å². The van der Waals surface area contributed by atoms with E-state index >= 15 is 0 Å². The zero-order valence-electron chi connectivity index (χ0n) is 14.9. The number of ketones is 1. The maximum atomic E-state index is 14.0. The van der Waals surface area contributed by atoms with E-state index in [9.17, 15) is 9.18 Å². The van der Waals surface area contributed by atoms with Gasteiger partial charge in [-0.05, 0) is 29.8 Å². The Kier molecular flexibility index (Phi) is 4.63. The third-order valence-corrected chi connectivity index (χ3v) is 4.21. The molecule has 0 saturated heterocycles. The predicted octanol–water partition coefficient (Wildman–Crippen LogP) is 3.71. The molecule has 0 aliphatic carbocycles. The van der Waals surface area contributed by atoms with Crippen LogP contribution in [-0.2, 0) is 0 Å². The molecule has 0 radical (unpaired) electrons. The summed E-state index contributed by atoms with van der Waals surface area (Å²) in [5, 5.41) is 0. The Morgan fingerprint density at radius 3 is 2.61 bits per heavy atom. The van der Waals surface area contributed by atoms with Crippen molar-refractivity contribution in [3.63, 3.8) is 0 Å². The Bertz CT molecular complexity index is 1140. The molecule has 2 heterocycles. The van der Waals surface area contributed by atoms with Gasteiger partial charge < -0.3 is 9.30 Å². The minimum absolute atomic E-state index is 0.0889. The average Bonchev–Trinajstić information content (AvgIpc) is 3.24. The third-order valence-electron chi connectivity index (χ3n) is 4.21. The lowest BCUT2D eigenvalue weighted by Gasteiger charge is -2.11. The molecule has 0 fully saturated rings. The van der Waals surface area contributed by atoms with Crippen LogP contribution in [0.2, 0.25) is 0 Å². The van der Waals surface area contributed by atoms with Crippen molar-refractivity contribution in [2.75, 3.05) is 7.11 Å². The fourth-order valence-electron chi connectivity index (χ4n) is 2.89. The quantitative estimate of drug-likeness (QED) is 0.498. The van der Waals surface area contributed by atoms with E-state index in [0.717, 1.165) is 11.3 Å². The molecule has 0 amide bonds. The maximum Gasteiger partial charge on any atom is 0.250 e. The van der Waals surface area contributed by atoms with Crippen molar-refractivity contribution in [2.45, 2.75) is 0 Å². The highest BCUT2D eigenvalue weighted by Gasteiger charge is 2.16. The predicted molar refractivity (Wildman–Crippen MR) is 101 cm³/mol. The molecule has 138 valence electrons. The summed E-state index contributed by atoms with van der Waals surface area (Å²) >= 11 is 0. The van der Waals surface area contributed by atoms with E-state index in [0.29, 0.717) is 5.56 Å². The second-order valence-electron chi connectivity index (χ2n) is 5.94. The average molecular weight is 374 g/mol. The number of nitrogens with zero attached hydrogens (tertiary/aromatic N) is 4. The van der Waals surface area contributed by atoms with Gasteiger partial charge in [-0.3, -0.25) is 4.79 Å². The molecule has 0 spiro atoms. The Morgan fingerprint density at radius 1 is 1.04 bits per heavy atom. The van der Waals surface area contributed by atoms with Crippen LogP contribution in [0, 0.1) is 5.82 Å². The third kappa shape index (κ3) is 3.25. The standard InChI is InChI=1S/C21H15FN4O2/c1-28-20-16(7-3-8-17(20)22)14-5-2-6-15(11-14)26-12-18(25-13-26)19(27)21-23-9-4-10-24-21/h2-13H,1H3. The fraction of sp³-hybridized carbons (Fsp3) is 0.0476. The number of ether oxygens (including phenoxy) is 1. The first-order chi connectivity index (χ1) is 13.7. The molecule has 0 saturated carbocycles. The van der Waals surface area contributed by atoms with E-state index in [-0.39, 0.29) is 23.1 Å². The van der Waals surface area contributed by atoms with Gasteiger partial charge in [-0.2, -0.15) is 0 Å². The van der Waals surface area contributed by atoms with Gasteiger partial charge in [0.05, 0.1) is 7.11 Å². The number of hydrogen-bond donors (Lipinski definition) is 0. The summed E-state index contributed by atoms with van der Waals surface area (Å²) in [5.41, 5.74) is 2.42. The monoisotopic (exact) mass is 374 g/mol. The molecule has 28 heavy (non-hydrogen) atoms. The summed E-state index contributed by atoms with van der Waals surface area (Å²) in [6, 6.07) is 13.9. The smallest absolute Gasteiger partial charge is 0.250 e. The van der Waals surface area contributed by atoms with E-state index in [1.165, 1.54) is 31.9 Å². The zero-order chi connectivity index (χ0) is 19.5. The second kappa shape index (κ2) is 7.40. The highest BCUT2D eigenvalue weighted by molar-refractivity contribution is 6.04. The topological polar surface area (TPSA) is 69.9 Å². The van der Waals surface area contributed by atoms with Crippen molar-refractivity contribution in [3.8, 4) is 22.6 Å².